The lowest BCUT2D eigenvalue weighted by Gasteiger charge is -2.40. The number of hydrogen-bond acceptors (Lipinski definition) is 6. The van der Waals surface area contributed by atoms with Crippen LogP contribution in [0.1, 0.15) is 24.3 Å². The Bertz CT molecular complexity index is 997. The molecule has 3 N–H and O–H groups in total. The van der Waals surface area contributed by atoms with E-state index in [0.717, 1.165) is 5.56 Å². The summed E-state index contributed by atoms with van der Waals surface area (Å²) in [4.78, 5) is 26.2. The highest BCUT2D eigenvalue weighted by Gasteiger charge is 2.70. The van der Waals surface area contributed by atoms with Crippen LogP contribution in [0.4, 0.5) is 0 Å². The minimum atomic E-state index is -1.36. The predicted octanol–water partition coefficient (Wildman–Crippen LogP) is 0.488. The molecule has 150 valence electrons. The number of aliphatic hydroxyl groups excluding tert-OH is 2. The molecule has 4 rings (SSSR count). The zero-order chi connectivity index (χ0) is 20.2. The number of rotatable bonds is 4. The molecule has 0 unspecified atom stereocenters. The van der Waals surface area contributed by atoms with Gasteiger partial charge in [-0.05, 0) is 26.0 Å². The van der Waals surface area contributed by atoms with Crippen molar-refractivity contribution in [3.63, 3.8) is 0 Å². The number of aromatic amines is 1. The van der Waals surface area contributed by atoms with Crippen molar-refractivity contribution in [3.05, 3.63) is 62.4 Å². The second-order valence-corrected chi connectivity index (χ2v) is 7.83. The molecule has 0 amide bonds. The Morgan fingerprint density at radius 1 is 1.25 bits per heavy atom. The molecule has 2 heterocycles. The Hall–Kier alpha value is -2.42. The first kappa shape index (κ1) is 18.9. The number of nitrogens with zero attached hydrogens (tertiary/aromatic N) is 1. The molecule has 1 saturated carbocycles. The van der Waals surface area contributed by atoms with Crippen molar-refractivity contribution in [1.82, 2.24) is 9.55 Å². The van der Waals surface area contributed by atoms with Gasteiger partial charge in [-0.25, -0.2) is 4.79 Å². The van der Waals surface area contributed by atoms with Crippen molar-refractivity contribution in [2.24, 2.45) is 11.8 Å². The summed E-state index contributed by atoms with van der Waals surface area (Å²) in [7, 11) is 0. The summed E-state index contributed by atoms with van der Waals surface area (Å²) in [6, 6.07) is 7.50. The van der Waals surface area contributed by atoms with Gasteiger partial charge in [0.05, 0.1) is 12.7 Å². The van der Waals surface area contributed by atoms with Gasteiger partial charge in [0, 0.05) is 23.6 Å². The summed E-state index contributed by atoms with van der Waals surface area (Å²) in [6.45, 7) is 5.01. The van der Waals surface area contributed by atoms with Crippen LogP contribution >= 0.6 is 0 Å². The standard InChI is InChI=1S/C20H24N2O6/c1-10-4-6-13(7-5-10)27-16-12(3)14-15(24)20(16,9-23)28-18(14)22-8-11(2)17(25)21-19(22)26/h4-8,12,14-16,18,23-24H,9H2,1-3H3,(H,21,25,26)/t12-,14-,15+,16-,18-,20-/m1/s1. The molecular formula is C20H24N2O6. The maximum atomic E-state index is 12.3. The highest BCUT2D eigenvalue weighted by Crippen LogP contribution is 2.56. The number of nitrogens with one attached hydrogen (secondary N) is 1. The lowest BCUT2D eigenvalue weighted by molar-refractivity contribution is -0.198. The van der Waals surface area contributed by atoms with Crippen LogP contribution in [0, 0.1) is 25.7 Å². The first-order chi connectivity index (χ1) is 13.3. The molecule has 2 bridgehead atoms. The first-order valence-electron chi connectivity index (χ1n) is 9.30. The molecule has 1 saturated heterocycles. The number of aliphatic hydroxyl groups is 2. The molecule has 2 aliphatic rings. The summed E-state index contributed by atoms with van der Waals surface area (Å²) in [5.41, 5.74) is -0.983. The van der Waals surface area contributed by atoms with E-state index in [-0.39, 0.29) is 5.92 Å². The summed E-state index contributed by atoms with van der Waals surface area (Å²) in [5.74, 6) is -0.0702. The number of aryl methyl sites for hydroxylation is 2. The number of fused-ring (bicyclic) bond motifs is 2. The van der Waals surface area contributed by atoms with Crippen LogP contribution in [0.2, 0.25) is 0 Å². The summed E-state index contributed by atoms with van der Waals surface area (Å²) in [5, 5.41) is 21.1. The monoisotopic (exact) mass is 388 g/mol. The lowest BCUT2D eigenvalue weighted by Crippen LogP contribution is -2.55. The Morgan fingerprint density at radius 2 is 1.93 bits per heavy atom. The summed E-state index contributed by atoms with van der Waals surface area (Å²) >= 11 is 0. The van der Waals surface area contributed by atoms with Crippen LogP contribution in [0.25, 0.3) is 0 Å². The third-order valence-corrected chi connectivity index (χ3v) is 6.05. The molecule has 8 nitrogen and oxygen atoms in total. The van der Waals surface area contributed by atoms with Crippen LogP contribution in [-0.2, 0) is 4.74 Å². The van der Waals surface area contributed by atoms with Crippen molar-refractivity contribution >= 4 is 0 Å². The number of benzene rings is 1. The second kappa shape index (κ2) is 6.58. The van der Waals surface area contributed by atoms with Crippen LogP contribution < -0.4 is 16.0 Å². The van der Waals surface area contributed by atoms with E-state index in [9.17, 15) is 19.8 Å². The van der Waals surface area contributed by atoms with E-state index >= 15 is 0 Å². The van der Waals surface area contributed by atoms with E-state index in [1.807, 2.05) is 38.1 Å². The maximum absolute atomic E-state index is 12.3. The van der Waals surface area contributed by atoms with E-state index in [0.29, 0.717) is 11.3 Å². The third kappa shape index (κ3) is 2.63. The van der Waals surface area contributed by atoms with Crippen molar-refractivity contribution in [3.8, 4) is 5.75 Å². The van der Waals surface area contributed by atoms with Gasteiger partial charge in [0.15, 0.2) is 5.60 Å². The number of hydrogen-bond donors (Lipinski definition) is 3. The van der Waals surface area contributed by atoms with Crippen molar-refractivity contribution in [1.29, 1.82) is 0 Å². The topological polar surface area (TPSA) is 114 Å². The zero-order valence-corrected chi connectivity index (χ0v) is 16.0. The molecule has 0 radical (unpaired) electrons. The zero-order valence-electron chi connectivity index (χ0n) is 16.0. The molecule has 2 fully saturated rings. The Morgan fingerprint density at radius 3 is 2.57 bits per heavy atom. The molecule has 28 heavy (non-hydrogen) atoms. The second-order valence-electron chi connectivity index (χ2n) is 7.83. The molecule has 8 heteroatoms. The fraction of sp³-hybridized carbons (Fsp3) is 0.500. The van der Waals surface area contributed by atoms with Gasteiger partial charge in [0.25, 0.3) is 5.56 Å². The number of ether oxygens (including phenoxy) is 2. The van der Waals surface area contributed by atoms with Crippen LogP contribution in [-0.4, -0.2) is 44.2 Å². The molecular weight excluding hydrogens is 364 g/mol. The van der Waals surface area contributed by atoms with Gasteiger partial charge in [0.1, 0.15) is 18.1 Å². The van der Waals surface area contributed by atoms with Gasteiger partial charge in [-0.2, -0.15) is 0 Å². The average molecular weight is 388 g/mol. The van der Waals surface area contributed by atoms with E-state index < -0.39 is 47.8 Å². The SMILES string of the molecule is Cc1ccc(O[C@@H]2[C@H](C)[C@H]3[C@H](n4cc(C)c(=O)[nH]c4=O)O[C@]2(CO)[C@H]3O)cc1. The van der Waals surface area contributed by atoms with Gasteiger partial charge in [-0.15, -0.1) is 0 Å². The third-order valence-electron chi connectivity index (χ3n) is 6.05. The normalized spacial score (nSPS) is 34.0. The van der Waals surface area contributed by atoms with Crippen LogP contribution in [0.3, 0.4) is 0 Å². The van der Waals surface area contributed by atoms with Gasteiger partial charge in [-0.3, -0.25) is 14.3 Å². The minimum Gasteiger partial charge on any atom is -0.487 e. The van der Waals surface area contributed by atoms with Crippen molar-refractivity contribution < 1.29 is 19.7 Å². The minimum absolute atomic E-state index is 0.207. The van der Waals surface area contributed by atoms with Crippen LogP contribution in [0.5, 0.6) is 5.75 Å². The Labute approximate surface area is 161 Å². The van der Waals surface area contributed by atoms with Gasteiger partial charge < -0.3 is 19.7 Å². The lowest BCUT2D eigenvalue weighted by atomic mass is 9.92. The Balaban J connectivity index is 1.70. The fourth-order valence-corrected chi connectivity index (χ4v) is 4.49. The Kier molecular flexibility index (Phi) is 4.45. The van der Waals surface area contributed by atoms with Gasteiger partial charge >= 0.3 is 5.69 Å². The van der Waals surface area contributed by atoms with Crippen molar-refractivity contribution in [2.45, 2.75) is 44.8 Å². The van der Waals surface area contributed by atoms with Crippen molar-refractivity contribution in [2.75, 3.05) is 6.61 Å². The van der Waals surface area contributed by atoms with E-state index in [2.05, 4.69) is 4.98 Å². The fourth-order valence-electron chi connectivity index (χ4n) is 4.49. The average Bonchev–Trinajstić information content (AvgIpc) is 3.06. The largest absolute Gasteiger partial charge is 0.487 e. The van der Waals surface area contributed by atoms with E-state index in [1.165, 1.54) is 10.8 Å². The molecule has 1 aromatic carbocycles. The quantitative estimate of drug-likeness (QED) is 0.702. The molecule has 6 atom stereocenters. The first-order valence-corrected chi connectivity index (χ1v) is 9.30. The highest BCUT2D eigenvalue weighted by atomic mass is 16.6. The van der Waals surface area contributed by atoms with Gasteiger partial charge in [-0.1, -0.05) is 24.6 Å². The summed E-state index contributed by atoms with van der Waals surface area (Å²) in [6.07, 6.45) is -0.992. The highest BCUT2D eigenvalue weighted by molar-refractivity contribution is 5.28. The molecule has 1 aliphatic heterocycles. The number of H-pyrrole nitrogens is 1. The number of aromatic nitrogens is 2. The van der Waals surface area contributed by atoms with Gasteiger partial charge in [0.2, 0.25) is 0 Å². The molecule has 1 aromatic heterocycles. The maximum Gasteiger partial charge on any atom is 0.330 e. The smallest absolute Gasteiger partial charge is 0.330 e. The van der Waals surface area contributed by atoms with E-state index in [1.54, 1.807) is 6.92 Å². The van der Waals surface area contributed by atoms with E-state index in [4.69, 9.17) is 9.47 Å². The molecule has 0 spiro atoms. The van der Waals surface area contributed by atoms with Crippen LogP contribution in [0.15, 0.2) is 40.1 Å². The summed E-state index contributed by atoms with van der Waals surface area (Å²) < 4.78 is 13.5. The molecule has 1 aliphatic carbocycles. The predicted molar refractivity (Wildman–Crippen MR) is 100 cm³/mol. The molecule has 2 aromatic rings.